The molecule has 1 aliphatic heterocycles. The van der Waals surface area contributed by atoms with E-state index in [1.165, 1.54) is 12.1 Å². The third-order valence-electron chi connectivity index (χ3n) is 5.13. The van der Waals surface area contributed by atoms with E-state index in [1.807, 2.05) is 31.2 Å². The highest BCUT2D eigenvalue weighted by molar-refractivity contribution is 7.92. The first kappa shape index (κ1) is 21.7. The Kier molecular flexibility index (Phi) is 6.32. The van der Waals surface area contributed by atoms with E-state index in [4.69, 9.17) is 9.47 Å². The zero-order valence-electron chi connectivity index (χ0n) is 17.6. The van der Waals surface area contributed by atoms with Gasteiger partial charge in [-0.1, -0.05) is 24.3 Å². The Bertz CT molecular complexity index is 1220. The van der Waals surface area contributed by atoms with Gasteiger partial charge in [0.15, 0.2) is 11.5 Å². The van der Waals surface area contributed by atoms with Crippen molar-refractivity contribution in [3.05, 3.63) is 83.4 Å². The van der Waals surface area contributed by atoms with Gasteiger partial charge in [-0.05, 0) is 54.4 Å². The summed E-state index contributed by atoms with van der Waals surface area (Å²) in [7, 11) is -3.83. The summed E-state index contributed by atoms with van der Waals surface area (Å²) in [6, 6.07) is 18.6. The number of carbonyl (C=O) groups is 1. The molecule has 4 rings (SSSR count). The summed E-state index contributed by atoms with van der Waals surface area (Å²) >= 11 is 0. The minimum atomic E-state index is -3.83. The highest BCUT2D eigenvalue weighted by Crippen LogP contribution is 2.32. The quantitative estimate of drug-likeness (QED) is 0.592. The fraction of sp³-hybridized carbons (Fsp3) is 0.208. The van der Waals surface area contributed by atoms with Gasteiger partial charge >= 0.3 is 0 Å². The monoisotopic (exact) mass is 452 g/mol. The molecule has 8 heteroatoms. The van der Waals surface area contributed by atoms with E-state index in [2.05, 4.69) is 10.0 Å². The van der Waals surface area contributed by atoms with Crippen molar-refractivity contribution in [1.29, 1.82) is 0 Å². The van der Waals surface area contributed by atoms with Crippen molar-refractivity contribution in [3.63, 3.8) is 0 Å². The second-order valence-electron chi connectivity index (χ2n) is 7.45. The van der Waals surface area contributed by atoms with Gasteiger partial charge in [0.25, 0.3) is 15.9 Å². The molecule has 0 saturated carbocycles. The summed E-state index contributed by atoms with van der Waals surface area (Å²) in [6.45, 7) is 3.41. The molecule has 3 aromatic carbocycles. The van der Waals surface area contributed by atoms with Crippen LogP contribution in [0.4, 0.5) is 5.69 Å². The van der Waals surface area contributed by atoms with Crippen LogP contribution in [0.3, 0.4) is 0 Å². The normalized spacial score (nSPS) is 13.2. The number of sulfonamides is 1. The van der Waals surface area contributed by atoms with Gasteiger partial charge in [-0.15, -0.1) is 0 Å². The fourth-order valence-electron chi connectivity index (χ4n) is 3.30. The van der Waals surface area contributed by atoms with E-state index in [0.717, 1.165) is 17.5 Å². The minimum Gasteiger partial charge on any atom is -0.490 e. The van der Waals surface area contributed by atoms with Crippen LogP contribution in [0, 0.1) is 6.92 Å². The van der Waals surface area contributed by atoms with E-state index in [1.54, 1.807) is 30.3 Å². The van der Waals surface area contributed by atoms with Crippen molar-refractivity contribution in [2.24, 2.45) is 0 Å². The van der Waals surface area contributed by atoms with Crippen molar-refractivity contribution < 1.29 is 22.7 Å². The predicted octanol–water partition coefficient (Wildman–Crippen LogP) is 3.89. The van der Waals surface area contributed by atoms with Crippen molar-refractivity contribution in [3.8, 4) is 11.5 Å². The Morgan fingerprint density at radius 3 is 2.41 bits per heavy atom. The average molecular weight is 453 g/mol. The first-order chi connectivity index (χ1) is 15.4. The lowest BCUT2D eigenvalue weighted by molar-refractivity contribution is 0.0951. The second kappa shape index (κ2) is 9.32. The van der Waals surface area contributed by atoms with Crippen LogP contribution < -0.4 is 19.5 Å². The molecular weight excluding hydrogens is 428 g/mol. The Hall–Kier alpha value is -3.52. The van der Waals surface area contributed by atoms with E-state index in [9.17, 15) is 13.2 Å². The van der Waals surface area contributed by atoms with Gasteiger partial charge in [0, 0.05) is 30.3 Å². The van der Waals surface area contributed by atoms with Gasteiger partial charge in [-0.25, -0.2) is 8.42 Å². The lowest BCUT2D eigenvalue weighted by Crippen LogP contribution is -2.23. The molecule has 3 aromatic rings. The number of fused-ring (bicyclic) bond motifs is 1. The second-order valence-corrected chi connectivity index (χ2v) is 9.13. The Morgan fingerprint density at radius 2 is 1.66 bits per heavy atom. The molecule has 32 heavy (non-hydrogen) atoms. The Balaban J connectivity index is 1.42. The first-order valence-electron chi connectivity index (χ1n) is 10.3. The third kappa shape index (κ3) is 5.03. The molecule has 1 heterocycles. The van der Waals surface area contributed by atoms with Gasteiger partial charge in [-0.3, -0.25) is 9.52 Å². The van der Waals surface area contributed by atoms with Crippen molar-refractivity contribution in [2.75, 3.05) is 17.9 Å². The van der Waals surface area contributed by atoms with Gasteiger partial charge < -0.3 is 14.8 Å². The number of rotatable bonds is 6. The zero-order chi connectivity index (χ0) is 22.6. The minimum absolute atomic E-state index is 0.0711. The Morgan fingerprint density at radius 1 is 0.938 bits per heavy atom. The predicted molar refractivity (Wildman–Crippen MR) is 122 cm³/mol. The van der Waals surface area contributed by atoms with Crippen molar-refractivity contribution >= 4 is 21.6 Å². The fourth-order valence-corrected chi connectivity index (χ4v) is 4.37. The van der Waals surface area contributed by atoms with Gasteiger partial charge in [0.05, 0.1) is 18.1 Å². The Labute approximate surface area is 187 Å². The number of benzene rings is 3. The maximum Gasteiger partial charge on any atom is 0.262 e. The van der Waals surface area contributed by atoms with Crippen LogP contribution in [-0.2, 0) is 16.6 Å². The van der Waals surface area contributed by atoms with Crippen molar-refractivity contribution in [2.45, 2.75) is 24.8 Å². The summed E-state index contributed by atoms with van der Waals surface area (Å²) < 4.78 is 39.2. The summed E-state index contributed by atoms with van der Waals surface area (Å²) in [5, 5.41) is 2.88. The number of hydrogen-bond acceptors (Lipinski definition) is 5. The summed E-state index contributed by atoms with van der Waals surface area (Å²) in [6.07, 6.45) is 0.736. The molecular formula is C24H24N2O5S. The lowest BCUT2D eigenvalue weighted by atomic mass is 10.1. The molecule has 0 bridgehead atoms. The van der Waals surface area contributed by atoms with Crippen LogP contribution in [0.15, 0.2) is 71.6 Å². The highest BCUT2D eigenvalue weighted by atomic mass is 32.2. The van der Waals surface area contributed by atoms with Gasteiger partial charge in [0.2, 0.25) is 0 Å². The molecule has 1 amide bonds. The van der Waals surface area contributed by atoms with Crippen LogP contribution in [0.2, 0.25) is 0 Å². The molecule has 0 aliphatic carbocycles. The largest absolute Gasteiger partial charge is 0.490 e. The van der Waals surface area contributed by atoms with Gasteiger partial charge in [0.1, 0.15) is 0 Å². The molecule has 7 nitrogen and oxygen atoms in total. The number of nitrogens with one attached hydrogen (secondary N) is 2. The number of ether oxygens (including phenoxy) is 2. The average Bonchev–Trinajstić information content (AvgIpc) is 3.03. The molecule has 1 aliphatic rings. The highest BCUT2D eigenvalue weighted by Gasteiger charge is 2.19. The summed E-state index contributed by atoms with van der Waals surface area (Å²) in [5.41, 5.74) is 2.94. The van der Waals surface area contributed by atoms with Crippen LogP contribution in [-0.4, -0.2) is 27.5 Å². The van der Waals surface area contributed by atoms with Crippen molar-refractivity contribution in [1.82, 2.24) is 5.32 Å². The number of hydrogen-bond donors (Lipinski definition) is 2. The van der Waals surface area contributed by atoms with Crippen LogP contribution in [0.25, 0.3) is 0 Å². The number of aryl methyl sites for hydroxylation is 1. The standard InChI is InChI=1S/C24H24N2O5S/c1-17-5-2-3-6-19(17)16-25-24(27)18-7-9-20(10-8-18)26-32(28,29)21-11-12-22-23(15-21)31-14-4-13-30-22/h2-3,5-12,15,26H,4,13-14,16H2,1H3,(H,25,27). The smallest absolute Gasteiger partial charge is 0.262 e. The van der Waals surface area contributed by atoms with Gasteiger partial charge in [-0.2, -0.15) is 0 Å². The summed E-state index contributed by atoms with van der Waals surface area (Å²) in [5.74, 6) is 0.708. The van der Waals surface area contributed by atoms with Crippen LogP contribution >= 0.6 is 0 Å². The van der Waals surface area contributed by atoms with Crippen LogP contribution in [0.5, 0.6) is 11.5 Å². The van der Waals surface area contributed by atoms with E-state index >= 15 is 0 Å². The summed E-state index contributed by atoms with van der Waals surface area (Å²) in [4.78, 5) is 12.5. The molecule has 0 spiro atoms. The number of carbonyl (C=O) groups excluding carboxylic acids is 1. The maximum absolute atomic E-state index is 12.8. The van der Waals surface area contributed by atoms with Crippen LogP contribution in [0.1, 0.15) is 27.9 Å². The topological polar surface area (TPSA) is 93.7 Å². The molecule has 2 N–H and O–H groups in total. The van der Waals surface area contributed by atoms with E-state index < -0.39 is 10.0 Å². The third-order valence-corrected chi connectivity index (χ3v) is 6.51. The van der Waals surface area contributed by atoms with E-state index in [-0.39, 0.29) is 10.8 Å². The number of amides is 1. The molecule has 0 aromatic heterocycles. The molecule has 0 radical (unpaired) electrons. The molecule has 0 saturated heterocycles. The number of anilines is 1. The SMILES string of the molecule is Cc1ccccc1CNC(=O)c1ccc(NS(=O)(=O)c2ccc3c(c2)OCCCO3)cc1. The molecule has 0 unspecified atom stereocenters. The lowest BCUT2D eigenvalue weighted by Gasteiger charge is -2.12. The first-order valence-corrected chi connectivity index (χ1v) is 11.8. The molecule has 166 valence electrons. The molecule has 0 atom stereocenters. The molecule has 0 fully saturated rings. The zero-order valence-corrected chi connectivity index (χ0v) is 18.4. The maximum atomic E-state index is 12.8. The van der Waals surface area contributed by atoms with E-state index in [0.29, 0.717) is 42.5 Å².